The summed E-state index contributed by atoms with van der Waals surface area (Å²) in [4.78, 5) is 0. The van der Waals surface area contributed by atoms with Crippen LogP contribution in [0.1, 0.15) is 0 Å². The third kappa shape index (κ3) is 3.56. The van der Waals surface area contributed by atoms with Crippen molar-refractivity contribution in [3.8, 4) is 0 Å². The Kier molecular flexibility index (Phi) is 4.48. The maximum atomic E-state index is 11.7. The van der Waals surface area contributed by atoms with Crippen LogP contribution in [0.2, 0.25) is 0 Å². The van der Waals surface area contributed by atoms with E-state index in [4.69, 9.17) is 23.2 Å². The SMILES string of the molecule is FC(Cl)C(Cl)CBr. The zero-order valence-electron chi connectivity index (χ0n) is 3.37. The predicted octanol–water partition coefficient (Wildman–Crippen LogP) is 2.52. The van der Waals surface area contributed by atoms with Crippen LogP contribution in [0.25, 0.3) is 0 Å². The molecule has 0 rings (SSSR count). The summed E-state index contributed by atoms with van der Waals surface area (Å²) >= 11 is 13.1. The van der Waals surface area contributed by atoms with Crippen molar-refractivity contribution in [2.45, 2.75) is 11.0 Å². The van der Waals surface area contributed by atoms with Gasteiger partial charge in [-0.15, -0.1) is 11.6 Å². The highest BCUT2D eigenvalue weighted by molar-refractivity contribution is 9.09. The zero-order chi connectivity index (χ0) is 5.86. The van der Waals surface area contributed by atoms with E-state index in [1.54, 1.807) is 0 Å². The molecule has 7 heavy (non-hydrogen) atoms. The van der Waals surface area contributed by atoms with Gasteiger partial charge in [-0.2, -0.15) is 0 Å². The van der Waals surface area contributed by atoms with Gasteiger partial charge in [-0.3, -0.25) is 0 Å². The van der Waals surface area contributed by atoms with E-state index in [-0.39, 0.29) is 0 Å². The molecule has 0 nitrogen and oxygen atoms in total. The van der Waals surface area contributed by atoms with Crippen LogP contribution in [0.3, 0.4) is 0 Å². The molecule has 0 bridgehead atoms. The van der Waals surface area contributed by atoms with E-state index in [1.807, 2.05) is 0 Å². The van der Waals surface area contributed by atoms with Crippen LogP contribution < -0.4 is 0 Å². The first kappa shape index (κ1) is 7.99. The molecule has 0 aliphatic heterocycles. The van der Waals surface area contributed by atoms with Gasteiger partial charge in [0, 0.05) is 5.33 Å². The third-order valence-electron chi connectivity index (χ3n) is 0.421. The van der Waals surface area contributed by atoms with Gasteiger partial charge >= 0.3 is 0 Å². The average Bonchev–Trinajstić information content (AvgIpc) is 1.65. The minimum atomic E-state index is -1.44. The van der Waals surface area contributed by atoms with Crippen molar-refractivity contribution in [3.63, 3.8) is 0 Å². The summed E-state index contributed by atoms with van der Waals surface area (Å²) in [6, 6.07) is 0. The van der Waals surface area contributed by atoms with Crippen molar-refractivity contribution in [1.82, 2.24) is 0 Å². The van der Waals surface area contributed by atoms with E-state index in [1.165, 1.54) is 0 Å². The molecule has 0 radical (unpaired) electrons. The van der Waals surface area contributed by atoms with Crippen molar-refractivity contribution < 1.29 is 4.39 Å². The Morgan fingerprint density at radius 2 is 2.00 bits per heavy atom. The van der Waals surface area contributed by atoms with Gasteiger partial charge in [-0.05, 0) is 0 Å². The summed E-state index contributed by atoms with van der Waals surface area (Å²) in [6.45, 7) is 0. The average molecular weight is 210 g/mol. The molecule has 0 aromatic carbocycles. The van der Waals surface area contributed by atoms with Crippen LogP contribution in [-0.2, 0) is 0 Å². The van der Waals surface area contributed by atoms with E-state index in [2.05, 4.69) is 15.9 Å². The van der Waals surface area contributed by atoms with Gasteiger partial charge in [-0.25, -0.2) is 4.39 Å². The molecule has 0 fully saturated rings. The highest BCUT2D eigenvalue weighted by Crippen LogP contribution is 2.12. The lowest BCUT2D eigenvalue weighted by atomic mass is 10.5. The van der Waals surface area contributed by atoms with Crippen LogP contribution in [0.5, 0.6) is 0 Å². The standard InChI is InChI=1S/C3H4BrCl2F/c4-1-2(5)3(6)7/h2-3H,1H2. The molecule has 0 aliphatic rings. The quantitative estimate of drug-likeness (QED) is 0.614. The molecule has 4 heteroatoms. The molecule has 0 amide bonds. The fourth-order valence-electron chi connectivity index (χ4n) is 0.0673. The van der Waals surface area contributed by atoms with E-state index in [9.17, 15) is 4.39 Å². The summed E-state index contributed by atoms with van der Waals surface area (Å²) in [5.41, 5.74) is -1.44. The van der Waals surface area contributed by atoms with Gasteiger partial charge in [0.05, 0.1) is 5.38 Å². The molecule has 0 spiro atoms. The lowest BCUT2D eigenvalue weighted by Gasteiger charge is -2.00. The zero-order valence-corrected chi connectivity index (χ0v) is 6.47. The maximum absolute atomic E-state index is 11.7. The first-order valence-electron chi connectivity index (χ1n) is 1.66. The summed E-state index contributed by atoms with van der Waals surface area (Å²) in [5.74, 6) is 0. The van der Waals surface area contributed by atoms with E-state index >= 15 is 0 Å². The van der Waals surface area contributed by atoms with Gasteiger partial charge in [0.25, 0.3) is 0 Å². The number of hydrogen-bond acceptors (Lipinski definition) is 0. The van der Waals surface area contributed by atoms with Gasteiger partial charge in [0.15, 0.2) is 5.63 Å². The Hall–Kier alpha value is 0.990. The molecule has 0 saturated carbocycles. The first-order valence-corrected chi connectivity index (χ1v) is 3.66. The van der Waals surface area contributed by atoms with Gasteiger partial charge in [0.2, 0.25) is 0 Å². The van der Waals surface area contributed by atoms with Crippen molar-refractivity contribution in [2.24, 2.45) is 0 Å². The van der Waals surface area contributed by atoms with Crippen LogP contribution in [0.4, 0.5) is 4.39 Å². The molecule has 0 aliphatic carbocycles. The minimum Gasteiger partial charge on any atom is -0.228 e. The Labute approximate surface area is 60.1 Å². The lowest BCUT2D eigenvalue weighted by molar-refractivity contribution is 0.442. The monoisotopic (exact) mass is 208 g/mol. The van der Waals surface area contributed by atoms with E-state index < -0.39 is 11.0 Å². The summed E-state index contributed by atoms with van der Waals surface area (Å²) < 4.78 is 11.7. The normalized spacial score (nSPS) is 18.9. The predicted molar refractivity (Wildman–Crippen MR) is 34.2 cm³/mol. The Morgan fingerprint density at radius 1 is 1.57 bits per heavy atom. The second-order valence-corrected chi connectivity index (χ2v) is 2.63. The fourth-order valence-corrected chi connectivity index (χ4v) is 0.700. The van der Waals surface area contributed by atoms with Crippen molar-refractivity contribution in [1.29, 1.82) is 0 Å². The van der Waals surface area contributed by atoms with Crippen LogP contribution in [0.15, 0.2) is 0 Å². The second kappa shape index (κ2) is 3.93. The molecule has 0 N–H and O–H groups in total. The minimum absolute atomic E-state index is 0.388. The Balaban J connectivity index is 3.14. The Bertz CT molecular complexity index is 50.2. The summed E-state index contributed by atoms with van der Waals surface area (Å²) in [5, 5.41) is -0.221. The fraction of sp³-hybridized carbons (Fsp3) is 1.00. The highest BCUT2D eigenvalue weighted by Gasteiger charge is 2.11. The van der Waals surface area contributed by atoms with Crippen molar-refractivity contribution in [2.75, 3.05) is 5.33 Å². The second-order valence-electron chi connectivity index (χ2n) is 1.00. The van der Waals surface area contributed by atoms with E-state index in [0.29, 0.717) is 5.33 Å². The van der Waals surface area contributed by atoms with Gasteiger partial charge < -0.3 is 0 Å². The third-order valence-corrected chi connectivity index (χ3v) is 2.30. The molecule has 0 aromatic heterocycles. The van der Waals surface area contributed by atoms with Crippen molar-refractivity contribution >= 4 is 39.1 Å². The number of rotatable bonds is 2. The molecular formula is C3H4BrCl2F. The molecule has 0 saturated heterocycles. The number of hydrogen-bond donors (Lipinski definition) is 0. The first-order chi connectivity index (χ1) is 3.18. The van der Waals surface area contributed by atoms with Crippen LogP contribution in [0, 0.1) is 0 Å². The maximum Gasteiger partial charge on any atom is 0.190 e. The lowest BCUT2D eigenvalue weighted by Crippen LogP contribution is -2.09. The van der Waals surface area contributed by atoms with Gasteiger partial charge in [-0.1, -0.05) is 27.5 Å². The van der Waals surface area contributed by atoms with Crippen LogP contribution >= 0.6 is 39.1 Å². The van der Waals surface area contributed by atoms with Crippen molar-refractivity contribution in [3.05, 3.63) is 0 Å². The summed E-state index contributed by atoms with van der Waals surface area (Å²) in [6.07, 6.45) is 0. The molecule has 2 unspecified atom stereocenters. The topological polar surface area (TPSA) is 0 Å². The van der Waals surface area contributed by atoms with Gasteiger partial charge in [0.1, 0.15) is 0 Å². The molecular weight excluding hydrogens is 206 g/mol. The Morgan fingerprint density at radius 3 is 2.00 bits per heavy atom. The molecule has 0 heterocycles. The molecule has 2 atom stereocenters. The van der Waals surface area contributed by atoms with Crippen LogP contribution in [-0.4, -0.2) is 16.3 Å². The number of alkyl halides is 4. The van der Waals surface area contributed by atoms with E-state index in [0.717, 1.165) is 0 Å². The molecule has 44 valence electrons. The molecule has 0 aromatic rings. The largest absolute Gasteiger partial charge is 0.228 e. The smallest absolute Gasteiger partial charge is 0.190 e. The number of halogens is 4. The highest BCUT2D eigenvalue weighted by atomic mass is 79.9. The summed E-state index contributed by atoms with van der Waals surface area (Å²) in [7, 11) is 0.